The van der Waals surface area contributed by atoms with E-state index in [-0.39, 0.29) is 6.04 Å². The van der Waals surface area contributed by atoms with Crippen molar-refractivity contribution in [3.8, 4) is 0 Å². The van der Waals surface area contributed by atoms with Gasteiger partial charge in [-0.2, -0.15) is 5.10 Å². The molecule has 1 aromatic heterocycles. The number of aliphatic imine (C=N–C) groups is 1. The van der Waals surface area contributed by atoms with Gasteiger partial charge < -0.3 is 15.7 Å². The maximum absolute atomic E-state index is 10.2. The van der Waals surface area contributed by atoms with Gasteiger partial charge in [-0.25, -0.2) is 9.67 Å². The molecule has 1 saturated carbocycles. The van der Waals surface area contributed by atoms with Crippen LogP contribution in [0.4, 0.5) is 0 Å². The SMILES string of the molecule is CCNC(=NCC1(O)CCC1)NC1CCCn2nc(C)nc21. The number of guanidine groups is 1. The summed E-state index contributed by atoms with van der Waals surface area (Å²) in [6.07, 6.45) is 4.91. The Morgan fingerprint density at radius 3 is 2.95 bits per heavy atom. The third kappa shape index (κ3) is 3.24. The Morgan fingerprint density at radius 1 is 1.45 bits per heavy atom. The minimum absolute atomic E-state index is 0.129. The lowest BCUT2D eigenvalue weighted by molar-refractivity contribution is -0.0236. The van der Waals surface area contributed by atoms with E-state index in [1.54, 1.807) is 0 Å². The van der Waals surface area contributed by atoms with E-state index in [1.807, 2.05) is 18.5 Å². The molecule has 0 spiro atoms. The van der Waals surface area contributed by atoms with Crippen LogP contribution in [0, 0.1) is 6.92 Å². The Labute approximate surface area is 131 Å². The molecule has 1 aromatic rings. The molecule has 2 aliphatic rings. The van der Waals surface area contributed by atoms with E-state index in [0.29, 0.717) is 6.54 Å². The lowest BCUT2D eigenvalue weighted by Crippen LogP contribution is -2.44. The summed E-state index contributed by atoms with van der Waals surface area (Å²) in [7, 11) is 0. The third-order valence-corrected chi connectivity index (χ3v) is 4.45. The number of aryl methyl sites for hydroxylation is 2. The maximum atomic E-state index is 10.2. The van der Waals surface area contributed by atoms with Crippen molar-refractivity contribution in [3.05, 3.63) is 11.6 Å². The van der Waals surface area contributed by atoms with Crippen LogP contribution in [0.25, 0.3) is 0 Å². The average Bonchev–Trinajstić information content (AvgIpc) is 2.84. The molecular weight excluding hydrogens is 280 g/mol. The first-order valence-corrected chi connectivity index (χ1v) is 8.28. The molecule has 1 fully saturated rings. The van der Waals surface area contributed by atoms with Crippen LogP contribution in [-0.2, 0) is 6.54 Å². The van der Waals surface area contributed by atoms with Gasteiger partial charge >= 0.3 is 0 Å². The van der Waals surface area contributed by atoms with Crippen molar-refractivity contribution in [2.24, 2.45) is 4.99 Å². The van der Waals surface area contributed by atoms with E-state index in [9.17, 15) is 5.11 Å². The highest BCUT2D eigenvalue weighted by molar-refractivity contribution is 5.80. The first kappa shape index (κ1) is 15.3. The van der Waals surface area contributed by atoms with Crippen molar-refractivity contribution >= 4 is 5.96 Å². The van der Waals surface area contributed by atoms with Crippen molar-refractivity contribution in [3.63, 3.8) is 0 Å². The second-order valence-corrected chi connectivity index (χ2v) is 6.35. The van der Waals surface area contributed by atoms with Gasteiger partial charge in [-0.3, -0.25) is 4.99 Å². The van der Waals surface area contributed by atoms with Crippen molar-refractivity contribution in [2.45, 2.75) is 64.1 Å². The molecule has 7 heteroatoms. The van der Waals surface area contributed by atoms with Gasteiger partial charge in [0.1, 0.15) is 11.6 Å². The van der Waals surface area contributed by atoms with Gasteiger partial charge in [-0.1, -0.05) is 0 Å². The second kappa shape index (κ2) is 6.24. The normalized spacial score (nSPS) is 23.6. The highest BCUT2D eigenvalue weighted by Gasteiger charge is 2.34. The van der Waals surface area contributed by atoms with Gasteiger partial charge in [0.25, 0.3) is 0 Å². The standard InChI is InChI=1S/C15H26N6O/c1-3-16-14(17-10-15(22)7-5-8-15)19-12-6-4-9-21-13(12)18-11(2)20-21/h12,22H,3-10H2,1-2H3,(H2,16,17,19). The van der Waals surface area contributed by atoms with Gasteiger partial charge in [0.2, 0.25) is 0 Å². The molecule has 0 bridgehead atoms. The highest BCUT2D eigenvalue weighted by atomic mass is 16.3. The van der Waals surface area contributed by atoms with Crippen molar-refractivity contribution in [2.75, 3.05) is 13.1 Å². The molecule has 0 radical (unpaired) electrons. The molecule has 1 aliphatic heterocycles. The molecule has 2 heterocycles. The van der Waals surface area contributed by atoms with Crippen LogP contribution in [0.5, 0.6) is 0 Å². The van der Waals surface area contributed by atoms with Gasteiger partial charge in [0.15, 0.2) is 5.96 Å². The van der Waals surface area contributed by atoms with E-state index in [0.717, 1.165) is 62.8 Å². The first-order chi connectivity index (χ1) is 10.6. The minimum Gasteiger partial charge on any atom is -0.388 e. The monoisotopic (exact) mass is 306 g/mol. The highest BCUT2D eigenvalue weighted by Crippen LogP contribution is 2.31. The van der Waals surface area contributed by atoms with E-state index < -0.39 is 5.60 Å². The van der Waals surface area contributed by atoms with E-state index in [2.05, 4.69) is 25.7 Å². The summed E-state index contributed by atoms with van der Waals surface area (Å²) in [4.78, 5) is 9.11. The number of rotatable bonds is 4. The molecule has 1 atom stereocenters. The van der Waals surface area contributed by atoms with Crippen LogP contribution in [-0.4, -0.2) is 44.5 Å². The van der Waals surface area contributed by atoms with Crippen LogP contribution >= 0.6 is 0 Å². The number of nitrogens with zero attached hydrogens (tertiary/aromatic N) is 4. The van der Waals surface area contributed by atoms with Crippen molar-refractivity contribution in [1.82, 2.24) is 25.4 Å². The zero-order chi connectivity index (χ0) is 15.6. The number of nitrogens with one attached hydrogen (secondary N) is 2. The third-order valence-electron chi connectivity index (χ3n) is 4.45. The van der Waals surface area contributed by atoms with Crippen LogP contribution < -0.4 is 10.6 Å². The smallest absolute Gasteiger partial charge is 0.191 e. The Balaban J connectivity index is 1.69. The predicted octanol–water partition coefficient (Wildman–Crippen LogP) is 0.892. The largest absolute Gasteiger partial charge is 0.388 e. The molecule has 7 nitrogen and oxygen atoms in total. The molecule has 1 aliphatic carbocycles. The lowest BCUT2D eigenvalue weighted by atomic mass is 9.80. The maximum Gasteiger partial charge on any atom is 0.191 e. The number of aromatic nitrogens is 3. The Kier molecular flexibility index (Phi) is 4.33. The quantitative estimate of drug-likeness (QED) is 0.568. The van der Waals surface area contributed by atoms with Crippen LogP contribution in [0.2, 0.25) is 0 Å². The fraction of sp³-hybridized carbons (Fsp3) is 0.800. The topological polar surface area (TPSA) is 87.4 Å². The zero-order valence-electron chi connectivity index (χ0n) is 13.5. The second-order valence-electron chi connectivity index (χ2n) is 6.35. The summed E-state index contributed by atoms with van der Waals surface area (Å²) >= 11 is 0. The van der Waals surface area contributed by atoms with E-state index in [4.69, 9.17) is 0 Å². The molecule has 22 heavy (non-hydrogen) atoms. The van der Waals surface area contributed by atoms with Crippen LogP contribution in [0.15, 0.2) is 4.99 Å². The van der Waals surface area contributed by atoms with Crippen molar-refractivity contribution < 1.29 is 5.11 Å². The summed E-state index contributed by atoms with van der Waals surface area (Å²) < 4.78 is 1.99. The predicted molar refractivity (Wildman–Crippen MR) is 84.6 cm³/mol. The summed E-state index contributed by atoms with van der Waals surface area (Å²) in [6, 6.07) is 0.129. The van der Waals surface area contributed by atoms with Gasteiger partial charge in [0, 0.05) is 13.1 Å². The lowest BCUT2D eigenvalue weighted by Gasteiger charge is -2.35. The summed E-state index contributed by atoms with van der Waals surface area (Å²) in [5, 5.41) is 21.3. The van der Waals surface area contributed by atoms with Crippen LogP contribution in [0.1, 0.15) is 56.7 Å². The Morgan fingerprint density at radius 2 is 2.27 bits per heavy atom. The van der Waals surface area contributed by atoms with Gasteiger partial charge in [-0.15, -0.1) is 0 Å². The molecule has 1 unspecified atom stereocenters. The number of fused-ring (bicyclic) bond motifs is 1. The summed E-state index contributed by atoms with van der Waals surface area (Å²) in [6.45, 7) is 6.15. The van der Waals surface area contributed by atoms with Gasteiger partial charge in [-0.05, 0) is 46.0 Å². The number of hydrogen-bond acceptors (Lipinski definition) is 4. The van der Waals surface area contributed by atoms with Crippen molar-refractivity contribution in [1.29, 1.82) is 0 Å². The minimum atomic E-state index is -0.592. The average molecular weight is 306 g/mol. The van der Waals surface area contributed by atoms with Gasteiger partial charge in [0.05, 0.1) is 18.2 Å². The van der Waals surface area contributed by atoms with E-state index in [1.165, 1.54) is 0 Å². The zero-order valence-corrected chi connectivity index (χ0v) is 13.5. The Bertz CT molecular complexity index is 548. The van der Waals surface area contributed by atoms with E-state index >= 15 is 0 Å². The number of aliphatic hydroxyl groups is 1. The molecule has 3 N–H and O–H groups in total. The molecule has 122 valence electrons. The molecule has 0 amide bonds. The first-order valence-electron chi connectivity index (χ1n) is 8.28. The molecule has 0 aromatic carbocycles. The van der Waals surface area contributed by atoms with Crippen LogP contribution in [0.3, 0.4) is 0 Å². The summed E-state index contributed by atoms with van der Waals surface area (Å²) in [5.41, 5.74) is -0.592. The molecular formula is C15H26N6O. The fourth-order valence-corrected chi connectivity index (χ4v) is 3.06. The number of hydrogen-bond donors (Lipinski definition) is 3. The Hall–Kier alpha value is -1.63. The summed E-state index contributed by atoms with van der Waals surface area (Å²) in [5.74, 6) is 2.55. The fourth-order valence-electron chi connectivity index (χ4n) is 3.06. The molecule has 3 rings (SSSR count). The molecule has 0 saturated heterocycles.